The monoisotopic (exact) mass is 291 g/mol. The second-order valence-corrected chi connectivity index (χ2v) is 5.34. The summed E-state index contributed by atoms with van der Waals surface area (Å²) in [5.41, 5.74) is 1.97. The van der Waals surface area contributed by atoms with Gasteiger partial charge in [0.25, 0.3) is 0 Å². The Morgan fingerprint density at radius 2 is 1.95 bits per heavy atom. The van der Waals surface area contributed by atoms with Gasteiger partial charge < -0.3 is 14.6 Å². The maximum absolute atomic E-state index is 13.0. The van der Waals surface area contributed by atoms with Crippen LogP contribution >= 0.6 is 0 Å². The van der Waals surface area contributed by atoms with Gasteiger partial charge in [-0.25, -0.2) is 9.37 Å². The molecule has 2 atom stereocenters. The summed E-state index contributed by atoms with van der Waals surface area (Å²) in [4.78, 5) is 4.52. The van der Waals surface area contributed by atoms with Gasteiger partial charge in [0, 0.05) is 13.3 Å². The van der Waals surface area contributed by atoms with Crippen molar-refractivity contribution in [2.24, 2.45) is 0 Å². The molecule has 0 saturated carbocycles. The van der Waals surface area contributed by atoms with Gasteiger partial charge in [0.15, 0.2) is 0 Å². The Kier molecular flexibility index (Phi) is 4.96. The number of aryl methyl sites for hydroxylation is 1. The zero-order valence-corrected chi connectivity index (χ0v) is 12.9. The van der Waals surface area contributed by atoms with Crippen molar-refractivity contribution in [1.29, 1.82) is 0 Å². The number of aromatic nitrogens is 2. The minimum Gasteiger partial charge on any atom is -0.383 e. The lowest BCUT2D eigenvalue weighted by Gasteiger charge is -2.19. The van der Waals surface area contributed by atoms with Gasteiger partial charge in [0.05, 0.1) is 24.4 Å². The predicted octanol–water partition coefficient (Wildman–Crippen LogP) is 3.71. The van der Waals surface area contributed by atoms with E-state index in [-0.39, 0.29) is 17.9 Å². The number of rotatable bonds is 6. The molecule has 2 rings (SSSR count). The average Bonchev–Trinajstić information content (AvgIpc) is 2.80. The molecule has 1 aromatic heterocycles. The second kappa shape index (κ2) is 6.72. The van der Waals surface area contributed by atoms with Crippen LogP contribution in [0.4, 0.5) is 10.3 Å². The van der Waals surface area contributed by atoms with Crippen LogP contribution in [0.2, 0.25) is 0 Å². The normalized spacial score (nSPS) is 14.0. The van der Waals surface area contributed by atoms with E-state index in [1.807, 2.05) is 20.0 Å². The number of hydrogen-bond donors (Lipinski definition) is 1. The molecule has 0 aliphatic heterocycles. The van der Waals surface area contributed by atoms with E-state index >= 15 is 0 Å². The number of halogens is 1. The molecule has 0 saturated heterocycles. The van der Waals surface area contributed by atoms with Crippen molar-refractivity contribution < 1.29 is 9.13 Å². The van der Waals surface area contributed by atoms with Gasteiger partial charge in [-0.2, -0.15) is 0 Å². The Morgan fingerprint density at radius 3 is 2.57 bits per heavy atom. The maximum atomic E-state index is 13.0. The fraction of sp³-hybridized carbons (Fsp3) is 0.438. The molecule has 0 bridgehead atoms. The summed E-state index contributed by atoms with van der Waals surface area (Å²) >= 11 is 0. The summed E-state index contributed by atoms with van der Waals surface area (Å²) in [5.74, 6) is 0.575. The van der Waals surface area contributed by atoms with Crippen LogP contribution in [0.15, 0.2) is 30.5 Å². The fourth-order valence-electron chi connectivity index (χ4n) is 2.31. The molecular formula is C16H22FN3O. The zero-order valence-electron chi connectivity index (χ0n) is 12.9. The van der Waals surface area contributed by atoms with Crippen LogP contribution in [0.25, 0.3) is 0 Å². The molecule has 0 amide bonds. The van der Waals surface area contributed by atoms with Gasteiger partial charge in [-0.15, -0.1) is 0 Å². The van der Waals surface area contributed by atoms with E-state index in [0.717, 1.165) is 17.2 Å². The van der Waals surface area contributed by atoms with Crippen LogP contribution in [0.1, 0.15) is 37.2 Å². The van der Waals surface area contributed by atoms with Crippen molar-refractivity contribution in [3.05, 3.63) is 47.5 Å². The van der Waals surface area contributed by atoms with E-state index in [1.165, 1.54) is 12.1 Å². The highest BCUT2D eigenvalue weighted by atomic mass is 19.1. The van der Waals surface area contributed by atoms with Crippen molar-refractivity contribution in [1.82, 2.24) is 9.55 Å². The first kappa shape index (κ1) is 15.5. The standard InChI is InChI=1S/C16H22FN3O/c1-11-9-20(12(2)10-21-4)16(18-11)19-13(3)14-5-7-15(17)8-6-14/h5-9,12-13H,10H2,1-4H3,(H,18,19). The van der Waals surface area contributed by atoms with E-state index < -0.39 is 0 Å². The molecule has 2 aromatic rings. The lowest BCUT2D eigenvalue weighted by molar-refractivity contribution is 0.163. The van der Waals surface area contributed by atoms with Gasteiger partial charge in [0.1, 0.15) is 5.82 Å². The van der Waals surface area contributed by atoms with Crippen LogP contribution in [-0.2, 0) is 4.74 Å². The third kappa shape index (κ3) is 3.82. The number of anilines is 1. The highest BCUT2D eigenvalue weighted by Crippen LogP contribution is 2.22. The first-order chi connectivity index (χ1) is 10.0. The third-order valence-corrected chi connectivity index (χ3v) is 3.45. The Bertz CT molecular complexity index is 580. The van der Waals surface area contributed by atoms with E-state index in [1.54, 1.807) is 19.2 Å². The van der Waals surface area contributed by atoms with Crippen LogP contribution in [0.5, 0.6) is 0 Å². The topological polar surface area (TPSA) is 39.1 Å². The van der Waals surface area contributed by atoms with Crippen LogP contribution < -0.4 is 5.32 Å². The molecule has 114 valence electrons. The number of ether oxygens (including phenoxy) is 1. The Labute approximate surface area is 125 Å². The maximum Gasteiger partial charge on any atom is 0.203 e. The molecule has 0 aliphatic rings. The number of hydrogen-bond acceptors (Lipinski definition) is 3. The lowest BCUT2D eigenvalue weighted by Crippen LogP contribution is -2.16. The summed E-state index contributed by atoms with van der Waals surface area (Å²) in [5, 5.41) is 3.38. The van der Waals surface area contributed by atoms with E-state index in [0.29, 0.717) is 6.61 Å². The van der Waals surface area contributed by atoms with Crippen LogP contribution in [-0.4, -0.2) is 23.3 Å². The molecular weight excluding hydrogens is 269 g/mol. The van der Waals surface area contributed by atoms with Crippen molar-refractivity contribution in [3.63, 3.8) is 0 Å². The quantitative estimate of drug-likeness (QED) is 0.882. The van der Waals surface area contributed by atoms with Gasteiger partial charge in [-0.05, 0) is 38.5 Å². The Hall–Kier alpha value is -1.88. The van der Waals surface area contributed by atoms with Gasteiger partial charge in [0.2, 0.25) is 5.95 Å². The second-order valence-electron chi connectivity index (χ2n) is 5.34. The minimum atomic E-state index is -0.225. The van der Waals surface area contributed by atoms with E-state index in [2.05, 4.69) is 21.8 Å². The number of methoxy groups -OCH3 is 1. The smallest absolute Gasteiger partial charge is 0.203 e. The van der Waals surface area contributed by atoms with Gasteiger partial charge >= 0.3 is 0 Å². The SMILES string of the molecule is COCC(C)n1cc(C)nc1NC(C)c1ccc(F)cc1. The molecule has 21 heavy (non-hydrogen) atoms. The minimum absolute atomic E-state index is 0.0425. The lowest BCUT2D eigenvalue weighted by atomic mass is 10.1. The molecule has 0 aliphatic carbocycles. The highest BCUT2D eigenvalue weighted by molar-refractivity contribution is 5.34. The largest absolute Gasteiger partial charge is 0.383 e. The van der Waals surface area contributed by atoms with Crippen LogP contribution in [0.3, 0.4) is 0 Å². The summed E-state index contributed by atoms with van der Waals surface area (Å²) in [6.45, 7) is 6.69. The number of imidazole rings is 1. The first-order valence-corrected chi connectivity index (χ1v) is 7.07. The van der Waals surface area contributed by atoms with Crippen molar-refractivity contribution in [3.8, 4) is 0 Å². The molecule has 0 fully saturated rings. The fourth-order valence-corrected chi connectivity index (χ4v) is 2.31. The molecule has 1 heterocycles. The van der Waals surface area contributed by atoms with E-state index in [9.17, 15) is 4.39 Å². The van der Waals surface area contributed by atoms with Crippen molar-refractivity contribution in [2.75, 3.05) is 19.0 Å². The molecule has 5 heteroatoms. The molecule has 1 aromatic carbocycles. The summed E-state index contributed by atoms with van der Waals surface area (Å²) in [6, 6.07) is 6.75. The third-order valence-electron chi connectivity index (χ3n) is 3.45. The molecule has 0 spiro atoms. The Morgan fingerprint density at radius 1 is 1.29 bits per heavy atom. The molecule has 0 radical (unpaired) electrons. The summed E-state index contributed by atoms with van der Waals surface area (Å²) in [6.07, 6.45) is 2.00. The zero-order chi connectivity index (χ0) is 15.4. The van der Waals surface area contributed by atoms with Crippen LogP contribution in [0, 0.1) is 12.7 Å². The molecule has 4 nitrogen and oxygen atoms in total. The summed E-state index contributed by atoms with van der Waals surface area (Å²) in [7, 11) is 1.69. The summed E-state index contributed by atoms with van der Waals surface area (Å²) < 4.78 is 20.3. The predicted molar refractivity (Wildman–Crippen MR) is 82.0 cm³/mol. The van der Waals surface area contributed by atoms with Crippen molar-refractivity contribution >= 4 is 5.95 Å². The number of nitrogens with one attached hydrogen (secondary N) is 1. The Balaban J connectivity index is 2.17. The molecule has 1 N–H and O–H groups in total. The van der Waals surface area contributed by atoms with Gasteiger partial charge in [-0.3, -0.25) is 0 Å². The average molecular weight is 291 g/mol. The number of benzene rings is 1. The highest BCUT2D eigenvalue weighted by Gasteiger charge is 2.14. The number of nitrogens with zero attached hydrogens (tertiary/aromatic N) is 2. The van der Waals surface area contributed by atoms with Crippen molar-refractivity contribution in [2.45, 2.75) is 32.9 Å². The van der Waals surface area contributed by atoms with E-state index in [4.69, 9.17) is 4.74 Å². The first-order valence-electron chi connectivity index (χ1n) is 7.07. The molecule has 2 unspecified atom stereocenters. The van der Waals surface area contributed by atoms with Gasteiger partial charge in [-0.1, -0.05) is 12.1 Å².